The van der Waals surface area contributed by atoms with Crippen LogP contribution in [0.3, 0.4) is 0 Å². The molecule has 0 radical (unpaired) electrons. The van der Waals surface area contributed by atoms with Gasteiger partial charge in [0.15, 0.2) is 0 Å². The van der Waals surface area contributed by atoms with E-state index in [4.69, 9.17) is 0 Å². The van der Waals surface area contributed by atoms with Crippen LogP contribution in [0.5, 0.6) is 0 Å². The van der Waals surface area contributed by atoms with Gasteiger partial charge in [-0.2, -0.15) is 0 Å². The molecule has 0 heterocycles. The normalized spacial score (nSPS) is 27.1. The number of hydrogen-bond donors (Lipinski definition) is 1. The van der Waals surface area contributed by atoms with Gasteiger partial charge in [0, 0.05) is 12.5 Å². The number of nitrogens with one attached hydrogen (secondary N) is 1. The first-order chi connectivity index (χ1) is 5.84. The molecular weight excluding hydrogens is 176 g/mol. The first kappa shape index (κ1) is 10.4. The molecule has 0 aromatic carbocycles. The molecule has 1 N–H and O–H groups in total. The number of carbonyl (C=O) groups is 1. The van der Waals surface area contributed by atoms with Gasteiger partial charge in [-0.3, -0.25) is 4.79 Å². The van der Waals surface area contributed by atoms with Crippen molar-refractivity contribution < 1.29 is 13.6 Å². The minimum atomic E-state index is -2.75. The third kappa shape index (κ3) is 2.39. The van der Waals surface area contributed by atoms with Crippen molar-refractivity contribution in [3.8, 4) is 0 Å². The Bertz CT molecular complexity index is 216. The van der Waals surface area contributed by atoms with Crippen molar-refractivity contribution >= 4 is 5.91 Å². The van der Waals surface area contributed by atoms with Gasteiger partial charge in [0.1, 0.15) is 5.92 Å². The molecule has 2 nitrogen and oxygen atoms in total. The lowest BCUT2D eigenvalue weighted by Crippen LogP contribution is -2.38. The second-order valence-corrected chi connectivity index (χ2v) is 4.06. The summed E-state index contributed by atoms with van der Waals surface area (Å²) in [7, 11) is 0. The second kappa shape index (κ2) is 3.24. The highest BCUT2D eigenvalue weighted by atomic mass is 19.3. The minimum Gasteiger partial charge on any atom is -0.353 e. The van der Waals surface area contributed by atoms with E-state index < -0.39 is 17.7 Å². The summed E-state index contributed by atoms with van der Waals surface area (Å²) in [4.78, 5) is 11.1. The van der Waals surface area contributed by atoms with E-state index >= 15 is 0 Å². The Morgan fingerprint density at radius 2 is 1.92 bits per heavy atom. The minimum absolute atomic E-state index is 0.0381. The zero-order valence-corrected chi connectivity index (χ0v) is 8.10. The predicted octanol–water partition coefficient (Wildman–Crippen LogP) is 1.80. The monoisotopic (exact) mass is 191 g/mol. The molecule has 1 amide bonds. The number of hydrogen-bond acceptors (Lipinski definition) is 1. The van der Waals surface area contributed by atoms with E-state index in [0.717, 1.165) is 0 Å². The van der Waals surface area contributed by atoms with E-state index in [2.05, 4.69) is 5.32 Å². The first-order valence-corrected chi connectivity index (χ1v) is 4.53. The summed E-state index contributed by atoms with van der Waals surface area (Å²) >= 11 is 0. The van der Waals surface area contributed by atoms with Crippen LogP contribution in [0.4, 0.5) is 8.78 Å². The molecule has 1 fully saturated rings. The molecule has 2 atom stereocenters. The van der Waals surface area contributed by atoms with Crippen molar-refractivity contribution in [2.24, 2.45) is 11.8 Å². The van der Waals surface area contributed by atoms with E-state index in [1.54, 1.807) is 0 Å². The lowest BCUT2D eigenvalue weighted by molar-refractivity contribution is -0.125. The van der Waals surface area contributed by atoms with E-state index in [1.165, 1.54) is 0 Å². The number of alkyl halides is 2. The van der Waals surface area contributed by atoms with Gasteiger partial charge in [0.25, 0.3) is 5.92 Å². The lowest BCUT2D eigenvalue weighted by atomic mass is 10.1. The highest BCUT2D eigenvalue weighted by Crippen LogP contribution is 2.48. The Kier molecular flexibility index (Phi) is 2.59. The fraction of sp³-hybridized carbons (Fsp3) is 0.889. The van der Waals surface area contributed by atoms with Gasteiger partial charge in [0.05, 0.1) is 0 Å². The summed E-state index contributed by atoms with van der Waals surface area (Å²) in [6, 6.07) is -0.0381. The smallest absolute Gasteiger partial charge is 0.260 e. The van der Waals surface area contributed by atoms with Crippen LogP contribution in [0.25, 0.3) is 0 Å². The van der Waals surface area contributed by atoms with Crippen LogP contribution >= 0.6 is 0 Å². The Morgan fingerprint density at radius 1 is 1.46 bits per heavy atom. The Balaban J connectivity index is 2.35. The molecule has 0 saturated heterocycles. The van der Waals surface area contributed by atoms with Crippen LogP contribution in [0.1, 0.15) is 27.2 Å². The highest BCUT2D eigenvalue weighted by Gasteiger charge is 2.61. The van der Waals surface area contributed by atoms with Gasteiger partial charge in [-0.1, -0.05) is 13.8 Å². The molecule has 1 aliphatic carbocycles. The third-order valence-corrected chi connectivity index (χ3v) is 2.51. The Labute approximate surface area is 76.7 Å². The van der Waals surface area contributed by atoms with Crippen molar-refractivity contribution in [2.45, 2.75) is 39.2 Å². The van der Waals surface area contributed by atoms with Gasteiger partial charge in [-0.25, -0.2) is 8.78 Å². The Hall–Kier alpha value is -0.670. The average Bonchev–Trinajstić information content (AvgIpc) is 2.59. The zero-order chi connectivity index (χ0) is 10.2. The number of carbonyl (C=O) groups excluding carboxylic acids is 1. The number of halogens is 2. The standard InChI is InChI=1S/C9H15F2NO/c1-5(2)6(3)12-8(13)7-4-9(7,10)11/h5-7H,4H2,1-3H3,(H,12,13)/t6-,7-/m1/s1. The van der Waals surface area contributed by atoms with Gasteiger partial charge >= 0.3 is 0 Å². The molecule has 0 aliphatic heterocycles. The van der Waals surface area contributed by atoms with E-state index in [-0.39, 0.29) is 18.4 Å². The second-order valence-electron chi connectivity index (χ2n) is 4.06. The SMILES string of the molecule is CC(C)[C@@H](C)NC(=O)[C@H]1CC1(F)F. The third-order valence-electron chi connectivity index (χ3n) is 2.51. The lowest BCUT2D eigenvalue weighted by Gasteiger charge is -2.17. The molecule has 13 heavy (non-hydrogen) atoms. The molecule has 1 aliphatic rings. The number of rotatable bonds is 3. The maximum atomic E-state index is 12.4. The van der Waals surface area contributed by atoms with E-state index in [1.807, 2.05) is 20.8 Å². The fourth-order valence-corrected chi connectivity index (χ4v) is 0.989. The molecule has 0 spiro atoms. The van der Waals surface area contributed by atoms with Crippen LogP contribution in [-0.4, -0.2) is 17.9 Å². The summed E-state index contributed by atoms with van der Waals surface area (Å²) in [5.41, 5.74) is 0. The average molecular weight is 191 g/mol. The van der Waals surface area contributed by atoms with Crippen molar-refractivity contribution in [3.05, 3.63) is 0 Å². The molecule has 0 aromatic rings. The predicted molar refractivity (Wildman–Crippen MR) is 45.5 cm³/mol. The molecule has 0 unspecified atom stereocenters. The first-order valence-electron chi connectivity index (χ1n) is 4.53. The summed E-state index contributed by atoms with van der Waals surface area (Å²) in [5.74, 6) is -4.06. The van der Waals surface area contributed by atoms with Gasteiger partial charge in [-0.15, -0.1) is 0 Å². The zero-order valence-electron chi connectivity index (χ0n) is 8.10. The molecule has 4 heteroatoms. The van der Waals surface area contributed by atoms with Gasteiger partial charge < -0.3 is 5.32 Å². The van der Waals surface area contributed by atoms with Crippen molar-refractivity contribution in [2.75, 3.05) is 0 Å². The quantitative estimate of drug-likeness (QED) is 0.724. The van der Waals surface area contributed by atoms with Crippen molar-refractivity contribution in [3.63, 3.8) is 0 Å². The van der Waals surface area contributed by atoms with Gasteiger partial charge in [-0.05, 0) is 12.8 Å². The molecule has 1 saturated carbocycles. The van der Waals surface area contributed by atoms with Crippen LogP contribution in [0.2, 0.25) is 0 Å². The van der Waals surface area contributed by atoms with Crippen LogP contribution in [0, 0.1) is 11.8 Å². The summed E-state index contributed by atoms with van der Waals surface area (Å²) in [6.07, 6.45) is -0.288. The Morgan fingerprint density at radius 3 is 2.23 bits per heavy atom. The maximum absolute atomic E-state index is 12.4. The largest absolute Gasteiger partial charge is 0.353 e. The fourth-order valence-electron chi connectivity index (χ4n) is 0.989. The molecule has 0 bridgehead atoms. The summed E-state index contributed by atoms with van der Waals surface area (Å²) in [6.45, 7) is 5.70. The van der Waals surface area contributed by atoms with E-state index in [9.17, 15) is 13.6 Å². The van der Waals surface area contributed by atoms with Gasteiger partial charge in [0.2, 0.25) is 5.91 Å². The van der Waals surface area contributed by atoms with Crippen LogP contribution in [-0.2, 0) is 4.79 Å². The maximum Gasteiger partial charge on any atom is 0.260 e. The summed E-state index contributed by atoms with van der Waals surface area (Å²) in [5, 5.41) is 2.58. The van der Waals surface area contributed by atoms with Crippen LogP contribution < -0.4 is 5.32 Å². The molecular formula is C9H15F2NO. The van der Waals surface area contributed by atoms with Crippen LogP contribution in [0.15, 0.2) is 0 Å². The summed E-state index contributed by atoms with van der Waals surface area (Å²) < 4.78 is 24.9. The highest BCUT2D eigenvalue weighted by molar-refractivity contribution is 5.83. The topological polar surface area (TPSA) is 29.1 Å². The molecule has 76 valence electrons. The van der Waals surface area contributed by atoms with Crippen molar-refractivity contribution in [1.29, 1.82) is 0 Å². The van der Waals surface area contributed by atoms with Crippen molar-refractivity contribution in [1.82, 2.24) is 5.32 Å². The number of amides is 1. The molecule has 0 aromatic heterocycles. The molecule has 1 rings (SSSR count). The van der Waals surface area contributed by atoms with E-state index in [0.29, 0.717) is 0 Å².